The third-order valence-electron chi connectivity index (χ3n) is 5.59. The number of carbonyl (C=O) groups is 3. The van der Waals surface area contributed by atoms with Gasteiger partial charge in [-0.3, -0.25) is 9.59 Å². The molecule has 2 aromatic rings. The molecule has 2 atom stereocenters. The predicted molar refractivity (Wildman–Crippen MR) is 116 cm³/mol. The SMILES string of the molecule is CCCCOC(=O)C[C@@H](Cc1cc(F)c(F)cc1F)C(=O)N1C(=O)OCC1Cc1ccccc1. The maximum atomic E-state index is 14.3. The smallest absolute Gasteiger partial charge is 0.416 e. The number of cyclic esters (lactones) is 1. The maximum Gasteiger partial charge on any atom is 0.416 e. The Hall–Kier alpha value is -3.36. The molecule has 0 bridgehead atoms. The number of esters is 1. The second-order valence-corrected chi connectivity index (χ2v) is 8.17. The van der Waals surface area contributed by atoms with Gasteiger partial charge >= 0.3 is 12.1 Å². The highest BCUT2D eigenvalue weighted by Crippen LogP contribution is 2.25. The van der Waals surface area contributed by atoms with Crippen LogP contribution in [0.15, 0.2) is 42.5 Å². The zero-order chi connectivity index (χ0) is 24.7. The molecule has 6 nitrogen and oxygen atoms in total. The van der Waals surface area contributed by atoms with Crippen molar-refractivity contribution in [3.63, 3.8) is 0 Å². The number of amides is 2. The minimum Gasteiger partial charge on any atom is -0.466 e. The topological polar surface area (TPSA) is 72.9 Å². The van der Waals surface area contributed by atoms with E-state index in [2.05, 4.69) is 0 Å². The Bertz CT molecular complexity index is 1030. The predicted octanol–water partition coefficient (Wildman–Crippen LogP) is 4.59. The monoisotopic (exact) mass is 477 g/mol. The van der Waals surface area contributed by atoms with Gasteiger partial charge in [0.15, 0.2) is 11.6 Å². The van der Waals surface area contributed by atoms with Crippen LogP contribution in [0.25, 0.3) is 0 Å². The van der Waals surface area contributed by atoms with Gasteiger partial charge in [-0.25, -0.2) is 22.9 Å². The highest BCUT2D eigenvalue weighted by Gasteiger charge is 2.41. The molecule has 0 saturated carbocycles. The largest absolute Gasteiger partial charge is 0.466 e. The van der Waals surface area contributed by atoms with E-state index >= 15 is 0 Å². The number of carbonyl (C=O) groups excluding carboxylic acids is 3. The molecule has 34 heavy (non-hydrogen) atoms. The van der Waals surface area contributed by atoms with Gasteiger partial charge in [0, 0.05) is 6.07 Å². The number of halogens is 3. The molecule has 0 aliphatic carbocycles. The van der Waals surface area contributed by atoms with Gasteiger partial charge in [-0.1, -0.05) is 43.7 Å². The molecule has 1 fully saturated rings. The second kappa shape index (κ2) is 11.7. The summed E-state index contributed by atoms with van der Waals surface area (Å²) in [6, 6.07) is 9.55. The van der Waals surface area contributed by atoms with Crippen LogP contribution in [0.5, 0.6) is 0 Å². The molecule has 2 aromatic carbocycles. The maximum absolute atomic E-state index is 14.3. The molecule has 2 amide bonds. The molecule has 1 saturated heterocycles. The van der Waals surface area contributed by atoms with E-state index in [1.54, 1.807) is 0 Å². The van der Waals surface area contributed by atoms with E-state index in [9.17, 15) is 27.6 Å². The van der Waals surface area contributed by atoms with Crippen LogP contribution in [0.1, 0.15) is 37.3 Å². The molecule has 0 radical (unpaired) electrons. The zero-order valence-electron chi connectivity index (χ0n) is 18.8. The first kappa shape index (κ1) is 25.3. The van der Waals surface area contributed by atoms with E-state index in [1.165, 1.54) is 0 Å². The summed E-state index contributed by atoms with van der Waals surface area (Å²) in [6.07, 6.45) is -0.0157. The van der Waals surface area contributed by atoms with E-state index < -0.39 is 60.2 Å². The van der Waals surface area contributed by atoms with Gasteiger partial charge in [0.2, 0.25) is 5.91 Å². The first-order valence-electron chi connectivity index (χ1n) is 11.1. The summed E-state index contributed by atoms with van der Waals surface area (Å²) in [4.78, 5) is 39.1. The van der Waals surface area contributed by atoms with Crippen LogP contribution in [0.3, 0.4) is 0 Å². The lowest BCUT2D eigenvalue weighted by Gasteiger charge is -2.25. The van der Waals surface area contributed by atoms with Gasteiger partial charge in [0.05, 0.1) is 25.0 Å². The van der Waals surface area contributed by atoms with Crippen LogP contribution in [0, 0.1) is 23.4 Å². The van der Waals surface area contributed by atoms with Gasteiger partial charge in [-0.15, -0.1) is 0 Å². The van der Waals surface area contributed by atoms with Crippen LogP contribution in [-0.4, -0.2) is 42.1 Å². The molecular weight excluding hydrogens is 451 g/mol. The molecular formula is C25H26F3NO5. The average Bonchev–Trinajstić information content (AvgIpc) is 3.17. The number of nitrogens with zero attached hydrogens (tertiary/aromatic N) is 1. The second-order valence-electron chi connectivity index (χ2n) is 8.17. The van der Waals surface area contributed by atoms with E-state index in [0.29, 0.717) is 25.0 Å². The molecule has 0 aromatic heterocycles. The van der Waals surface area contributed by atoms with Crippen molar-refractivity contribution in [2.75, 3.05) is 13.2 Å². The minimum atomic E-state index is -1.37. The van der Waals surface area contributed by atoms with Crippen molar-refractivity contribution >= 4 is 18.0 Å². The number of rotatable bonds is 10. The molecule has 1 aliphatic heterocycles. The number of ether oxygens (including phenoxy) is 2. The fourth-order valence-corrected chi connectivity index (χ4v) is 3.79. The zero-order valence-corrected chi connectivity index (χ0v) is 18.8. The average molecular weight is 477 g/mol. The van der Waals surface area contributed by atoms with Gasteiger partial charge in [0.25, 0.3) is 0 Å². The molecule has 182 valence electrons. The van der Waals surface area contributed by atoms with Gasteiger partial charge in [0.1, 0.15) is 12.4 Å². The first-order chi connectivity index (χ1) is 16.3. The van der Waals surface area contributed by atoms with E-state index in [0.717, 1.165) is 16.9 Å². The van der Waals surface area contributed by atoms with Crippen LogP contribution in [0.2, 0.25) is 0 Å². The van der Waals surface area contributed by atoms with Crippen molar-refractivity contribution in [2.24, 2.45) is 5.92 Å². The molecule has 1 heterocycles. The summed E-state index contributed by atoms with van der Waals surface area (Å²) in [5.74, 6) is -6.41. The fraction of sp³-hybridized carbons (Fsp3) is 0.400. The quantitative estimate of drug-likeness (QED) is 0.284. The highest BCUT2D eigenvalue weighted by molar-refractivity contribution is 5.96. The number of hydrogen-bond donors (Lipinski definition) is 0. The Morgan fingerprint density at radius 1 is 1.12 bits per heavy atom. The van der Waals surface area contributed by atoms with Crippen molar-refractivity contribution in [3.8, 4) is 0 Å². The summed E-state index contributed by atoms with van der Waals surface area (Å²) in [6.45, 7) is 2.03. The van der Waals surface area contributed by atoms with Crippen molar-refractivity contribution in [1.82, 2.24) is 4.90 Å². The van der Waals surface area contributed by atoms with E-state index in [1.807, 2.05) is 37.3 Å². The van der Waals surface area contributed by atoms with Crippen molar-refractivity contribution in [1.29, 1.82) is 0 Å². The third kappa shape index (κ3) is 6.36. The highest BCUT2D eigenvalue weighted by atomic mass is 19.2. The normalized spacial score (nSPS) is 16.3. The summed E-state index contributed by atoms with van der Waals surface area (Å²) in [7, 11) is 0. The van der Waals surface area contributed by atoms with Crippen LogP contribution in [0.4, 0.5) is 18.0 Å². The molecule has 1 aliphatic rings. The lowest BCUT2D eigenvalue weighted by Crippen LogP contribution is -2.44. The Morgan fingerprint density at radius 3 is 2.53 bits per heavy atom. The van der Waals surface area contributed by atoms with Gasteiger partial charge < -0.3 is 9.47 Å². The van der Waals surface area contributed by atoms with Gasteiger partial charge in [-0.05, 0) is 36.5 Å². The van der Waals surface area contributed by atoms with Crippen LogP contribution in [-0.2, 0) is 31.9 Å². The standard InChI is InChI=1S/C25H26F3NO5/c1-2-3-9-33-23(30)13-18(11-17-12-21(27)22(28)14-20(17)26)24(31)29-19(15-34-25(29)32)10-16-7-5-4-6-8-16/h4-8,12,14,18-19H,2-3,9-11,13,15H2,1H3/t18-,19?/m1/s1. The lowest BCUT2D eigenvalue weighted by atomic mass is 9.93. The van der Waals surface area contributed by atoms with Crippen molar-refractivity contribution in [3.05, 3.63) is 71.0 Å². The minimum absolute atomic E-state index is 0.0350. The van der Waals surface area contributed by atoms with Gasteiger partial charge in [-0.2, -0.15) is 0 Å². The Labute approximate surface area is 195 Å². The third-order valence-corrected chi connectivity index (χ3v) is 5.59. The Kier molecular flexibility index (Phi) is 8.67. The van der Waals surface area contributed by atoms with Crippen molar-refractivity contribution in [2.45, 2.75) is 45.1 Å². The Morgan fingerprint density at radius 2 is 1.82 bits per heavy atom. The summed E-state index contributed by atoms with van der Waals surface area (Å²) in [5, 5.41) is 0. The molecule has 1 unspecified atom stereocenters. The molecule has 9 heteroatoms. The molecule has 3 rings (SSSR count). The number of benzene rings is 2. The molecule has 0 spiro atoms. The summed E-state index contributed by atoms with van der Waals surface area (Å²) >= 11 is 0. The fourth-order valence-electron chi connectivity index (χ4n) is 3.79. The summed E-state index contributed by atoms with van der Waals surface area (Å²) < 4.78 is 51.6. The summed E-state index contributed by atoms with van der Waals surface area (Å²) in [5.41, 5.74) is 0.580. The lowest BCUT2D eigenvalue weighted by molar-refractivity contribution is -0.148. The number of unbranched alkanes of at least 4 members (excludes halogenated alkanes) is 1. The molecule has 0 N–H and O–H groups in total. The Balaban J connectivity index is 1.84. The van der Waals surface area contributed by atoms with Crippen molar-refractivity contribution < 1.29 is 37.0 Å². The number of hydrogen-bond acceptors (Lipinski definition) is 5. The number of imide groups is 1. The van der Waals surface area contributed by atoms with E-state index in [4.69, 9.17) is 9.47 Å². The first-order valence-corrected chi connectivity index (χ1v) is 11.1. The van der Waals surface area contributed by atoms with Crippen LogP contribution >= 0.6 is 0 Å². The van der Waals surface area contributed by atoms with E-state index in [-0.39, 0.29) is 18.8 Å². The van der Waals surface area contributed by atoms with Crippen LogP contribution < -0.4 is 0 Å².